The highest BCUT2D eigenvalue weighted by Crippen LogP contribution is 2.16. The summed E-state index contributed by atoms with van der Waals surface area (Å²) in [5.74, 6) is -1.61. The summed E-state index contributed by atoms with van der Waals surface area (Å²) >= 11 is 0. The quantitative estimate of drug-likeness (QED) is 0.891. The molecule has 1 fully saturated rings. The minimum absolute atomic E-state index is 0.0199. The monoisotopic (exact) mass is 256 g/mol. The predicted octanol–water partition coefficient (Wildman–Crippen LogP) is 1.51. The fourth-order valence-electron chi connectivity index (χ4n) is 2.11. The van der Waals surface area contributed by atoms with Crippen molar-refractivity contribution in [1.29, 1.82) is 0 Å². The van der Waals surface area contributed by atoms with Crippen LogP contribution >= 0.6 is 0 Å². The highest BCUT2D eigenvalue weighted by atomic mass is 19.2. The molecule has 0 aliphatic carbocycles. The van der Waals surface area contributed by atoms with E-state index in [4.69, 9.17) is 10.5 Å². The lowest BCUT2D eigenvalue weighted by Crippen LogP contribution is -2.49. The van der Waals surface area contributed by atoms with Crippen LogP contribution in [-0.4, -0.2) is 36.7 Å². The number of halogens is 2. The molecule has 0 radical (unpaired) electrons. The van der Waals surface area contributed by atoms with E-state index in [0.29, 0.717) is 19.7 Å². The lowest BCUT2D eigenvalue weighted by molar-refractivity contribution is -0.0567. The Morgan fingerprint density at radius 2 is 2.17 bits per heavy atom. The predicted molar refractivity (Wildman–Crippen MR) is 65.0 cm³/mol. The number of benzene rings is 1. The fraction of sp³-hybridized carbons (Fsp3) is 0.538. The van der Waals surface area contributed by atoms with Crippen molar-refractivity contribution in [2.45, 2.75) is 25.6 Å². The molecule has 1 aliphatic rings. The van der Waals surface area contributed by atoms with Crippen molar-refractivity contribution >= 4 is 0 Å². The van der Waals surface area contributed by atoms with Crippen molar-refractivity contribution in [3.63, 3.8) is 0 Å². The molecule has 0 bridgehead atoms. The van der Waals surface area contributed by atoms with Gasteiger partial charge in [-0.1, -0.05) is 6.07 Å². The van der Waals surface area contributed by atoms with E-state index in [9.17, 15) is 8.78 Å². The fourth-order valence-corrected chi connectivity index (χ4v) is 2.11. The number of hydrogen-bond acceptors (Lipinski definition) is 3. The Bertz CT molecular complexity index is 414. The van der Waals surface area contributed by atoms with Crippen LogP contribution in [0.1, 0.15) is 12.5 Å². The summed E-state index contributed by atoms with van der Waals surface area (Å²) in [4.78, 5) is 2.17. The zero-order valence-electron chi connectivity index (χ0n) is 10.4. The van der Waals surface area contributed by atoms with Crippen molar-refractivity contribution in [3.05, 3.63) is 35.4 Å². The summed E-state index contributed by atoms with van der Waals surface area (Å²) in [5.41, 5.74) is 6.35. The van der Waals surface area contributed by atoms with Crippen LogP contribution in [0.5, 0.6) is 0 Å². The second-order valence-electron chi connectivity index (χ2n) is 4.72. The summed E-state index contributed by atoms with van der Waals surface area (Å²) in [6, 6.07) is 4.27. The van der Waals surface area contributed by atoms with E-state index < -0.39 is 11.6 Å². The van der Waals surface area contributed by atoms with Crippen LogP contribution in [0.2, 0.25) is 0 Å². The molecule has 2 unspecified atom stereocenters. The SMILES string of the molecule is CC1COC(CN)CN1Cc1ccc(F)c(F)c1. The van der Waals surface area contributed by atoms with Crippen LogP contribution in [0.25, 0.3) is 0 Å². The maximum Gasteiger partial charge on any atom is 0.159 e. The van der Waals surface area contributed by atoms with Gasteiger partial charge >= 0.3 is 0 Å². The molecular formula is C13H18F2N2O. The number of nitrogens with two attached hydrogens (primary N) is 1. The second kappa shape index (κ2) is 5.73. The van der Waals surface area contributed by atoms with Gasteiger partial charge in [-0.25, -0.2) is 8.78 Å². The van der Waals surface area contributed by atoms with Crippen LogP contribution in [-0.2, 0) is 11.3 Å². The second-order valence-corrected chi connectivity index (χ2v) is 4.72. The molecular weight excluding hydrogens is 238 g/mol. The van der Waals surface area contributed by atoms with Gasteiger partial charge in [0.1, 0.15) is 0 Å². The molecule has 2 atom stereocenters. The van der Waals surface area contributed by atoms with Gasteiger partial charge in [-0.2, -0.15) is 0 Å². The third-order valence-electron chi connectivity index (χ3n) is 3.27. The topological polar surface area (TPSA) is 38.5 Å². The van der Waals surface area contributed by atoms with Gasteiger partial charge in [-0.15, -0.1) is 0 Å². The zero-order chi connectivity index (χ0) is 13.1. The molecule has 100 valence electrons. The van der Waals surface area contributed by atoms with Gasteiger partial charge in [-0.05, 0) is 24.6 Å². The molecule has 18 heavy (non-hydrogen) atoms. The lowest BCUT2D eigenvalue weighted by atomic mass is 10.1. The van der Waals surface area contributed by atoms with Gasteiger partial charge in [0.25, 0.3) is 0 Å². The molecule has 0 aromatic heterocycles. The smallest absolute Gasteiger partial charge is 0.159 e. The first kappa shape index (κ1) is 13.4. The summed E-state index contributed by atoms with van der Waals surface area (Å²) in [6.07, 6.45) is 0.0199. The molecule has 3 nitrogen and oxygen atoms in total. The standard InChI is InChI=1S/C13H18F2N2O/c1-9-8-18-11(5-16)7-17(9)6-10-2-3-12(14)13(15)4-10/h2-4,9,11H,5-8,16H2,1H3. The van der Waals surface area contributed by atoms with Crippen LogP contribution in [0.4, 0.5) is 8.78 Å². The Balaban J connectivity index is 2.04. The van der Waals surface area contributed by atoms with Crippen LogP contribution in [0.15, 0.2) is 18.2 Å². The van der Waals surface area contributed by atoms with E-state index in [0.717, 1.165) is 18.2 Å². The van der Waals surface area contributed by atoms with Crippen molar-refractivity contribution in [2.75, 3.05) is 19.7 Å². The van der Waals surface area contributed by atoms with Gasteiger partial charge in [0.05, 0.1) is 12.7 Å². The molecule has 0 amide bonds. The number of ether oxygens (including phenoxy) is 1. The van der Waals surface area contributed by atoms with E-state index in [1.165, 1.54) is 6.07 Å². The highest BCUT2D eigenvalue weighted by Gasteiger charge is 2.25. The first-order chi connectivity index (χ1) is 8.60. The van der Waals surface area contributed by atoms with E-state index in [2.05, 4.69) is 4.90 Å². The lowest BCUT2D eigenvalue weighted by Gasteiger charge is -2.37. The summed E-state index contributed by atoms with van der Waals surface area (Å²) in [7, 11) is 0. The average Bonchev–Trinajstić information content (AvgIpc) is 2.36. The Morgan fingerprint density at radius 1 is 1.39 bits per heavy atom. The number of rotatable bonds is 3. The maximum absolute atomic E-state index is 13.1. The van der Waals surface area contributed by atoms with Gasteiger partial charge in [0.2, 0.25) is 0 Å². The van der Waals surface area contributed by atoms with E-state index in [1.54, 1.807) is 6.07 Å². The molecule has 1 aliphatic heterocycles. The van der Waals surface area contributed by atoms with Crippen LogP contribution in [0.3, 0.4) is 0 Å². The Morgan fingerprint density at radius 3 is 2.83 bits per heavy atom. The van der Waals surface area contributed by atoms with E-state index >= 15 is 0 Å². The van der Waals surface area contributed by atoms with Crippen molar-refractivity contribution in [1.82, 2.24) is 4.90 Å². The van der Waals surface area contributed by atoms with Crippen LogP contribution in [0, 0.1) is 11.6 Å². The number of hydrogen-bond donors (Lipinski definition) is 1. The molecule has 2 N–H and O–H groups in total. The minimum atomic E-state index is -0.811. The minimum Gasteiger partial charge on any atom is -0.374 e. The zero-order valence-corrected chi connectivity index (χ0v) is 10.4. The van der Waals surface area contributed by atoms with Crippen molar-refractivity contribution < 1.29 is 13.5 Å². The number of nitrogens with zero attached hydrogens (tertiary/aromatic N) is 1. The van der Waals surface area contributed by atoms with E-state index in [-0.39, 0.29) is 12.1 Å². The Labute approximate surface area is 106 Å². The average molecular weight is 256 g/mol. The third-order valence-corrected chi connectivity index (χ3v) is 3.27. The van der Waals surface area contributed by atoms with Gasteiger partial charge in [0.15, 0.2) is 11.6 Å². The Kier molecular flexibility index (Phi) is 4.27. The molecule has 1 aromatic carbocycles. The first-order valence-electron chi connectivity index (χ1n) is 6.09. The third kappa shape index (κ3) is 3.04. The summed E-state index contributed by atoms with van der Waals surface area (Å²) < 4.78 is 31.5. The Hall–Kier alpha value is -1.04. The van der Waals surface area contributed by atoms with E-state index in [1.807, 2.05) is 6.92 Å². The largest absolute Gasteiger partial charge is 0.374 e. The van der Waals surface area contributed by atoms with Gasteiger partial charge in [0, 0.05) is 25.7 Å². The van der Waals surface area contributed by atoms with Crippen LogP contribution < -0.4 is 5.73 Å². The number of morpholine rings is 1. The molecule has 1 saturated heterocycles. The molecule has 1 aromatic rings. The first-order valence-corrected chi connectivity index (χ1v) is 6.09. The molecule has 0 spiro atoms. The maximum atomic E-state index is 13.1. The molecule has 5 heteroatoms. The normalized spacial score (nSPS) is 25.3. The summed E-state index contributed by atoms with van der Waals surface area (Å²) in [5, 5.41) is 0. The molecule has 1 heterocycles. The highest BCUT2D eigenvalue weighted by molar-refractivity contribution is 5.17. The molecule has 2 rings (SSSR count). The van der Waals surface area contributed by atoms with Gasteiger partial charge in [-0.3, -0.25) is 4.90 Å². The van der Waals surface area contributed by atoms with Crippen molar-refractivity contribution in [3.8, 4) is 0 Å². The molecule has 0 saturated carbocycles. The van der Waals surface area contributed by atoms with Gasteiger partial charge < -0.3 is 10.5 Å². The summed E-state index contributed by atoms with van der Waals surface area (Å²) in [6.45, 7) is 4.44. The van der Waals surface area contributed by atoms with Crippen molar-refractivity contribution in [2.24, 2.45) is 5.73 Å².